The lowest BCUT2D eigenvalue weighted by Gasteiger charge is -2.35. The smallest absolute Gasteiger partial charge is 0.283 e. The van der Waals surface area contributed by atoms with Crippen molar-refractivity contribution in [3.8, 4) is 0 Å². The van der Waals surface area contributed by atoms with Crippen molar-refractivity contribution in [1.29, 1.82) is 0 Å². The minimum Gasteiger partial charge on any atom is -0.339 e. The number of aromatic nitrogens is 2. The third-order valence-corrected chi connectivity index (χ3v) is 6.67. The van der Waals surface area contributed by atoms with Gasteiger partial charge in [-0.2, -0.15) is 5.10 Å². The van der Waals surface area contributed by atoms with E-state index in [4.69, 9.17) is 11.6 Å². The second-order valence-electron chi connectivity index (χ2n) is 7.57. The molecule has 2 aliphatic rings. The SMILES string of the molecule is O=C(Cn1nc(C(F)F)c(Br)c1C1CC1)N1CCN(Cc2ccccc2Cl)CC1. The van der Waals surface area contributed by atoms with Crippen LogP contribution in [-0.2, 0) is 17.9 Å². The van der Waals surface area contributed by atoms with Crippen LogP contribution >= 0.6 is 27.5 Å². The van der Waals surface area contributed by atoms with Gasteiger partial charge >= 0.3 is 0 Å². The fourth-order valence-corrected chi connectivity index (χ4v) is 4.71. The highest BCUT2D eigenvalue weighted by atomic mass is 79.9. The molecule has 5 nitrogen and oxygen atoms in total. The maximum Gasteiger partial charge on any atom is 0.283 e. The molecule has 1 aliphatic heterocycles. The van der Waals surface area contributed by atoms with Crippen LogP contribution in [0.15, 0.2) is 28.7 Å². The summed E-state index contributed by atoms with van der Waals surface area (Å²) in [6.07, 6.45) is -0.768. The van der Waals surface area contributed by atoms with Gasteiger partial charge in [-0.25, -0.2) is 8.78 Å². The molecule has 0 N–H and O–H groups in total. The van der Waals surface area contributed by atoms with Crippen molar-refractivity contribution in [2.75, 3.05) is 26.2 Å². The molecule has 0 atom stereocenters. The Hall–Kier alpha value is -1.51. The highest BCUT2D eigenvalue weighted by Crippen LogP contribution is 2.45. The van der Waals surface area contributed by atoms with E-state index in [0.29, 0.717) is 17.6 Å². The molecule has 1 saturated carbocycles. The number of hydrogen-bond donors (Lipinski definition) is 0. The number of benzene rings is 1. The summed E-state index contributed by atoms with van der Waals surface area (Å²) < 4.78 is 28.3. The Balaban J connectivity index is 1.37. The van der Waals surface area contributed by atoms with E-state index in [0.717, 1.165) is 48.8 Å². The summed E-state index contributed by atoms with van der Waals surface area (Å²) >= 11 is 9.51. The molecule has 2 fully saturated rings. The first-order chi connectivity index (χ1) is 13.9. The standard InChI is InChI=1S/C20H22BrClF2N4O/c21-17-18(20(23)24)25-28(19(17)13-5-6-13)12-16(29)27-9-7-26(8-10-27)11-14-3-1-2-4-15(14)22/h1-4,13,20H,5-12H2. The van der Waals surface area contributed by atoms with Crippen LogP contribution in [0.1, 0.15) is 42.1 Å². The van der Waals surface area contributed by atoms with Crippen LogP contribution in [0.25, 0.3) is 0 Å². The van der Waals surface area contributed by atoms with Gasteiger partial charge < -0.3 is 4.90 Å². The average molecular weight is 488 g/mol. The number of halogens is 4. The van der Waals surface area contributed by atoms with Crippen LogP contribution in [-0.4, -0.2) is 51.7 Å². The van der Waals surface area contributed by atoms with E-state index in [-0.39, 0.29) is 24.1 Å². The number of nitrogens with zero attached hydrogens (tertiary/aromatic N) is 4. The van der Waals surface area contributed by atoms with E-state index in [1.54, 1.807) is 4.90 Å². The van der Waals surface area contributed by atoms with Gasteiger partial charge in [-0.15, -0.1) is 0 Å². The van der Waals surface area contributed by atoms with Gasteiger partial charge in [-0.3, -0.25) is 14.4 Å². The van der Waals surface area contributed by atoms with Crippen LogP contribution < -0.4 is 0 Å². The molecule has 0 spiro atoms. The molecular weight excluding hydrogens is 466 g/mol. The highest BCUT2D eigenvalue weighted by Gasteiger charge is 2.34. The van der Waals surface area contributed by atoms with E-state index in [9.17, 15) is 13.6 Å². The summed E-state index contributed by atoms with van der Waals surface area (Å²) in [7, 11) is 0. The Morgan fingerprint density at radius 1 is 1.21 bits per heavy atom. The van der Waals surface area contributed by atoms with Crippen molar-refractivity contribution in [3.05, 3.63) is 50.7 Å². The van der Waals surface area contributed by atoms with E-state index in [1.807, 2.05) is 24.3 Å². The maximum atomic E-state index is 13.2. The molecule has 9 heteroatoms. The Labute approximate surface area is 181 Å². The lowest BCUT2D eigenvalue weighted by molar-refractivity contribution is -0.133. The lowest BCUT2D eigenvalue weighted by atomic mass is 10.2. The maximum absolute atomic E-state index is 13.2. The van der Waals surface area contributed by atoms with Crippen molar-refractivity contribution < 1.29 is 13.6 Å². The average Bonchev–Trinajstić information content (AvgIpc) is 3.47. The Morgan fingerprint density at radius 3 is 2.52 bits per heavy atom. The van der Waals surface area contributed by atoms with Gasteiger partial charge in [0.05, 0.1) is 10.2 Å². The van der Waals surface area contributed by atoms with Crippen molar-refractivity contribution in [2.45, 2.75) is 38.3 Å². The van der Waals surface area contributed by atoms with E-state index < -0.39 is 6.43 Å². The third kappa shape index (κ3) is 4.64. The van der Waals surface area contributed by atoms with Crippen molar-refractivity contribution in [2.24, 2.45) is 0 Å². The van der Waals surface area contributed by atoms with Crippen molar-refractivity contribution in [3.63, 3.8) is 0 Å². The Kier molecular flexibility index (Phi) is 6.22. The monoisotopic (exact) mass is 486 g/mol. The molecule has 2 heterocycles. The van der Waals surface area contributed by atoms with Crippen molar-refractivity contribution in [1.82, 2.24) is 19.6 Å². The van der Waals surface area contributed by atoms with Crippen LogP contribution in [0.5, 0.6) is 0 Å². The normalized spacial score (nSPS) is 17.9. The van der Waals surface area contributed by atoms with Gasteiger partial charge in [0.15, 0.2) is 0 Å². The van der Waals surface area contributed by atoms with Crippen LogP contribution in [0.3, 0.4) is 0 Å². The number of rotatable bonds is 6. The minimum atomic E-state index is -2.66. The van der Waals surface area contributed by atoms with E-state index in [2.05, 4.69) is 25.9 Å². The summed E-state index contributed by atoms with van der Waals surface area (Å²) in [5.74, 6) is 0.129. The summed E-state index contributed by atoms with van der Waals surface area (Å²) in [4.78, 5) is 16.8. The van der Waals surface area contributed by atoms with Gasteiger partial charge in [0.2, 0.25) is 5.91 Å². The van der Waals surface area contributed by atoms with E-state index in [1.165, 1.54) is 4.68 Å². The summed E-state index contributed by atoms with van der Waals surface area (Å²) in [6.45, 7) is 3.45. The molecule has 29 heavy (non-hydrogen) atoms. The predicted octanol–water partition coefficient (Wildman–Crippen LogP) is 4.46. The van der Waals surface area contributed by atoms with Crippen LogP contribution in [0, 0.1) is 0 Å². The highest BCUT2D eigenvalue weighted by molar-refractivity contribution is 9.10. The Bertz CT molecular complexity index is 895. The first-order valence-electron chi connectivity index (χ1n) is 9.72. The fourth-order valence-electron chi connectivity index (χ4n) is 3.73. The molecule has 1 aromatic heterocycles. The van der Waals surface area contributed by atoms with Crippen LogP contribution in [0.2, 0.25) is 5.02 Å². The molecule has 4 rings (SSSR count). The molecule has 0 bridgehead atoms. The van der Waals surface area contributed by atoms with Crippen LogP contribution in [0.4, 0.5) is 8.78 Å². The van der Waals surface area contributed by atoms with Gasteiger partial charge in [0.25, 0.3) is 6.43 Å². The second-order valence-corrected chi connectivity index (χ2v) is 8.77. The molecule has 0 radical (unpaired) electrons. The largest absolute Gasteiger partial charge is 0.339 e. The number of hydrogen-bond acceptors (Lipinski definition) is 3. The number of carbonyl (C=O) groups excluding carboxylic acids is 1. The minimum absolute atomic E-state index is 0.00165. The summed E-state index contributed by atoms with van der Waals surface area (Å²) in [5.41, 5.74) is 1.53. The molecule has 2 aromatic rings. The third-order valence-electron chi connectivity index (χ3n) is 5.49. The van der Waals surface area contributed by atoms with E-state index >= 15 is 0 Å². The topological polar surface area (TPSA) is 41.4 Å². The number of amides is 1. The summed E-state index contributed by atoms with van der Waals surface area (Å²) in [5, 5.41) is 4.78. The molecular formula is C20H22BrClF2N4O. The zero-order valence-corrected chi connectivity index (χ0v) is 18.2. The molecule has 0 unspecified atom stereocenters. The fraction of sp³-hybridized carbons (Fsp3) is 0.500. The second kappa shape index (κ2) is 8.70. The molecule has 1 amide bonds. The number of carbonyl (C=O) groups is 1. The van der Waals surface area contributed by atoms with Crippen molar-refractivity contribution >= 4 is 33.4 Å². The number of alkyl halides is 2. The molecule has 156 valence electrons. The zero-order valence-electron chi connectivity index (χ0n) is 15.8. The molecule has 1 aromatic carbocycles. The van der Waals surface area contributed by atoms with Gasteiger partial charge in [0.1, 0.15) is 12.2 Å². The number of piperazine rings is 1. The van der Waals surface area contributed by atoms with Gasteiger partial charge in [0, 0.05) is 43.7 Å². The first-order valence-corrected chi connectivity index (χ1v) is 10.9. The summed E-state index contributed by atoms with van der Waals surface area (Å²) in [6, 6.07) is 7.76. The quantitative estimate of drug-likeness (QED) is 0.604. The lowest BCUT2D eigenvalue weighted by Crippen LogP contribution is -2.49. The first kappa shape index (κ1) is 20.8. The molecule has 1 saturated heterocycles. The predicted molar refractivity (Wildman–Crippen MR) is 110 cm³/mol. The molecule has 1 aliphatic carbocycles. The zero-order chi connectivity index (χ0) is 20.5. The van der Waals surface area contributed by atoms with Gasteiger partial charge in [-0.05, 0) is 40.4 Å². The Morgan fingerprint density at radius 2 is 1.90 bits per heavy atom. The van der Waals surface area contributed by atoms with Gasteiger partial charge in [-0.1, -0.05) is 29.8 Å².